The number of benzene rings is 1. The van der Waals surface area contributed by atoms with Gasteiger partial charge in [0.2, 0.25) is 5.91 Å². The smallest absolute Gasteiger partial charge is 0.238 e. The first-order valence-corrected chi connectivity index (χ1v) is 5.38. The fraction of sp³-hybridized carbons (Fsp3) is 0.250. The predicted molar refractivity (Wildman–Crippen MR) is 67.1 cm³/mol. The van der Waals surface area contributed by atoms with Crippen molar-refractivity contribution < 1.29 is 9.18 Å². The number of nitrogens with two attached hydrogens (primary N) is 1. The summed E-state index contributed by atoms with van der Waals surface area (Å²) in [5.41, 5.74) is 5.66. The van der Waals surface area contributed by atoms with Crippen molar-refractivity contribution in [3.05, 3.63) is 24.0 Å². The molecular weight excluding hydrogens is 249 g/mol. The summed E-state index contributed by atoms with van der Waals surface area (Å²) in [4.78, 5) is 13.0. The first-order valence-electron chi connectivity index (χ1n) is 5.38. The molecule has 6 nitrogen and oxygen atoms in total. The second kappa shape index (κ2) is 6.94. The van der Waals surface area contributed by atoms with Gasteiger partial charge in [-0.25, -0.2) is 4.39 Å². The molecule has 0 unspecified atom stereocenters. The molecule has 0 saturated carbocycles. The number of amides is 1. The van der Waals surface area contributed by atoms with Crippen LogP contribution in [0, 0.1) is 28.5 Å². The molecule has 0 saturated heterocycles. The van der Waals surface area contributed by atoms with Crippen molar-refractivity contribution in [1.29, 1.82) is 10.5 Å². The minimum atomic E-state index is -0.561. The molecule has 1 amide bonds. The number of hydrogen-bond donors (Lipinski definition) is 2. The highest BCUT2D eigenvalue weighted by atomic mass is 19.1. The van der Waals surface area contributed by atoms with Gasteiger partial charge in [-0.15, -0.1) is 0 Å². The Morgan fingerprint density at radius 1 is 1.37 bits per heavy atom. The van der Waals surface area contributed by atoms with Gasteiger partial charge in [0.25, 0.3) is 0 Å². The summed E-state index contributed by atoms with van der Waals surface area (Å²) in [6.07, 6.45) is 0. The van der Waals surface area contributed by atoms with Crippen LogP contribution in [0.25, 0.3) is 0 Å². The van der Waals surface area contributed by atoms with Gasteiger partial charge in [-0.3, -0.25) is 9.69 Å². The lowest BCUT2D eigenvalue weighted by Gasteiger charge is -2.14. The second-order valence-corrected chi connectivity index (χ2v) is 3.75. The summed E-state index contributed by atoms with van der Waals surface area (Å²) in [6.45, 7) is -0.141. The zero-order chi connectivity index (χ0) is 14.3. The maximum atomic E-state index is 12.9. The summed E-state index contributed by atoms with van der Waals surface area (Å²) in [5.74, 6) is -0.968. The Bertz CT molecular complexity index is 530. The average Bonchev–Trinajstić information content (AvgIpc) is 2.34. The SMILES string of the molecule is N#CCN(CC#N)CC(=O)Nc1ccc(F)c(N)c1. The number of nitriles is 2. The standard InChI is InChI=1S/C12H12FN5O/c13-10-2-1-9(7-11(10)16)17-12(19)8-18(5-3-14)6-4-15/h1-2,7H,5-6,8,16H2,(H,17,19). The lowest BCUT2D eigenvalue weighted by Crippen LogP contribution is -2.33. The maximum absolute atomic E-state index is 12.9. The molecule has 3 N–H and O–H groups in total. The normalized spacial score (nSPS) is 9.68. The fourth-order valence-electron chi connectivity index (χ4n) is 1.39. The van der Waals surface area contributed by atoms with Crippen molar-refractivity contribution >= 4 is 17.3 Å². The quantitative estimate of drug-likeness (QED) is 0.599. The predicted octanol–water partition coefficient (Wildman–Crippen LogP) is 0.696. The van der Waals surface area contributed by atoms with Crippen LogP contribution in [0.2, 0.25) is 0 Å². The van der Waals surface area contributed by atoms with Crippen molar-refractivity contribution in [2.75, 3.05) is 30.7 Å². The first kappa shape index (κ1) is 14.4. The van der Waals surface area contributed by atoms with E-state index in [0.29, 0.717) is 5.69 Å². The van der Waals surface area contributed by atoms with Crippen LogP contribution in [0.5, 0.6) is 0 Å². The molecule has 0 spiro atoms. The minimum Gasteiger partial charge on any atom is -0.396 e. The third kappa shape index (κ3) is 4.62. The number of halogens is 1. The van der Waals surface area contributed by atoms with Crippen LogP contribution in [0.15, 0.2) is 18.2 Å². The Balaban J connectivity index is 2.61. The third-order valence-corrected chi connectivity index (χ3v) is 2.24. The van der Waals surface area contributed by atoms with E-state index < -0.39 is 11.7 Å². The first-order chi connectivity index (χ1) is 9.06. The Kier molecular flexibility index (Phi) is 5.27. The lowest BCUT2D eigenvalue weighted by molar-refractivity contribution is -0.117. The molecule has 7 heteroatoms. The maximum Gasteiger partial charge on any atom is 0.238 e. The van der Waals surface area contributed by atoms with Gasteiger partial charge in [-0.2, -0.15) is 10.5 Å². The molecule has 0 atom stereocenters. The molecule has 0 aliphatic heterocycles. The van der Waals surface area contributed by atoms with Gasteiger partial charge in [0, 0.05) is 5.69 Å². The van der Waals surface area contributed by atoms with Crippen molar-refractivity contribution in [2.45, 2.75) is 0 Å². The number of nitrogen functional groups attached to an aromatic ring is 1. The lowest BCUT2D eigenvalue weighted by atomic mass is 10.2. The Labute approximate surface area is 109 Å². The van der Waals surface area contributed by atoms with Crippen LogP contribution in [0.1, 0.15) is 0 Å². The molecule has 0 aromatic heterocycles. The topological polar surface area (TPSA) is 106 Å². The highest BCUT2D eigenvalue weighted by Gasteiger charge is 2.10. The number of nitrogens with zero attached hydrogens (tertiary/aromatic N) is 3. The zero-order valence-electron chi connectivity index (χ0n) is 10.1. The molecule has 1 aromatic rings. The largest absolute Gasteiger partial charge is 0.396 e. The molecule has 0 bridgehead atoms. The third-order valence-electron chi connectivity index (χ3n) is 2.24. The number of carbonyl (C=O) groups is 1. The van der Waals surface area contributed by atoms with Gasteiger partial charge in [0.05, 0.1) is 37.5 Å². The summed E-state index contributed by atoms with van der Waals surface area (Å²) >= 11 is 0. The van der Waals surface area contributed by atoms with E-state index in [2.05, 4.69) is 5.32 Å². The van der Waals surface area contributed by atoms with E-state index in [4.69, 9.17) is 16.3 Å². The van der Waals surface area contributed by atoms with Crippen molar-refractivity contribution in [1.82, 2.24) is 4.90 Å². The van der Waals surface area contributed by atoms with Crippen molar-refractivity contribution in [2.24, 2.45) is 0 Å². The summed E-state index contributed by atoms with van der Waals surface area (Å²) in [7, 11) is 0. The molecule has 0 heterocycles. The van der Waals surface area contributed by atoms with E-state index >= 15 is 0 Å². The summed E-state index contributed by atoms with van der Waals surface area (Å²) in [5, 5.41) is 19.6. The van der Waals surface area contributed by atoms with Crippen LogP contribution in [0.4, 0.5) is 15.8 Å². The highest BCUT2D eigenvalue weighted by molar-refractivity contribution is 5.92. The highest BCUT2D eigenvalue weighted by Crippen LogP contribution is 2.16. The van der Waals surface area contributed by atoms with Gasteiger partial charge in [0.1, 0.15) is 5.82 Å². The number of nitrogens with one attached hydrogen (secondary N) is 1. The van der Waals surface area contributed by atoms with Crippen molar-refractivity contribution in [3.63, 3.8) is 0 Å². The van der Waals surface area contributed by atoms with E-state index in [1.54, 1.807) is 0 Å². The van der Waals surface area contributed by atoms with E-state index in [9.17, 15) is 9.18 Å². The molecular formula is C12H12FN5O. The number of rotatable bonds is 5. The molecule has 0 aliphatic rings. The summed E-state index contributed by atoms with van der Waals surface area (Å²) in [6, 6.07) is 7.55. The molecule has 0 aliphatic carbocycles. The van der Waals surface area contributed by atoms with Gasteiger partial charge >= 0.3 is 0 Å². The molecule has 19 heavy (non-hydrogen) atoms. The molecule has 0 radical (unpaired) electrons. The Morgan fingerprint density at radius 3 is 2.53 bits per heavy atom. The van der Waals surface area contributed by atoms with Gasteiger partial charge in [-0.05, 0) is 18.2 Å². The van der Waals surface area contributed by atoms with Crippen LogP contribution in [-0.2, 0) is 4.79 Å². The number of hydrogen-bond acceptors (Lipinski definition) is 5. The second-order valence-electron chi connectivity index (χ2n) is 3.75. The van der Waals surface area contributed by atoms with Gasteiger partial charge in [-0.1, -0.05) is 0 Å². The van der Waals surface area contributed by atoms with Crippen LogP contribution in [-0.4, -0.2) is 30.4 Å². The average molecular weight is 261 g/mol. The van der Waals surface area contributed by atoms with Crippen LogP contribution in [0.3, 0.4) is 0 Å². The molecule has 1 rings (SSSR count). The molecule has 1 aromatic carbocycles. The van der Waals surface area contributed by atoms with E-state index in [1.807, 2.05) is 12.1 Å². The monoisotopic (exact) mass is 261 g/mol. The number of carbonyl (C=O) groups excluding carboxylic acids is 1. The van der Waals surface area contributed by atoms with Crippen LogP contribution >= 0.6 is 0 Å². The molecule has 0 fully saturated rings. The number of anilines is 2. The fourth-order valence-corrected chi connectivity index (χ4v) is 1.39. The van der Waals surface area contributed by atoms with Gasteiger partial charge < -0.3 is 11.1 Å². The Hall–Kier alpha value is -2.64. The van der Waals surface area contributed by atoms with E-state index in [-0.39, 0.29) is 25.3 Å². The van der Waals surface area contributed by atoms with Crippen molar-refractivity contribution in [3.8, 4) is 12.1 Å². The summed E-state index contributed by atoms with van der Waals surface area (Å²) < 4.78 is 12.9. The molecule has 98 valence electrons. The van der Waals surface area contributed by atoms with E-state index in [0.717, 1.165) is 6.07 Å². The zero-order valence-corrected chi connectivity index (χ0v) is 10.1. The van der Waals surface area contributed by atoms with E-state index in [1.165, 1.54) is 17.0 Å². The Morgan fingerprint density at radius 2 is 2.00 bits per heavy atom. The van der Waals surface area contributed by atoms with Gasteiger partial charge in [0.15, 0.2) is 0 Å². The minimum absolute atomic E-state index is 0.0213. The van der Waals surface area contributed by atoms with Crippen LogP contribution < -0.4 is 11.1 Å².